The Morgan fingerprint density at radius 2 is 1.57 bits per heavy atom. The van der Waals surface area contributed by atoms with E-state index in [1.54, 1.807) is 11.0 Å². The lowest BCUT2D eigenvalue weighted by Gasteiger charge is -2.35. The number of carbonyl (C=O) groups is 3. The van der Waals surface area contributed by atoms with Gasteiger partial charge in [-0.05, 0) is 76.1 Å². The van der Waals surface area contributed by atoms with Crippen LogP contribution in [0.3, 0.4) is 0 Å². The van der Waals surface area contributed by atoms with Gasteiger partial charge in [-0.1, -0.05) is 17.7 Å². The lowest BCUT2D eigenvalue weighted by molar-refractivity contribution is -0.186. The largest absolute Gasteiger partial charge is 0.471 e. The standard InChI is InChI=1S/C31H38ClF3N6O3/c1-19-5-6-25(13-26(19)32)41(28(42)22-7-11-39(12-8-22)30(44)31(33,34)35)10-4-9-38-14-23-16-40(17-24(23)15-38)29(43)27-20(2)36-18-37-21(27)3/h5-6,13,18,22-24H,4,7-12,14-17H2,1-3H3. The zero-order valence-corrected chi connectivity index (χ0v) is 26.0. The van der Waals surface area contributed by atoms with E-state index >= 15 is 0 Å². The van der Waals surface area contributed by atoms with Gasteiger partial charge in [-0.25, -0.2) is 9.97 Å². The van der Waals surface area contributed by atoms with Crippen LogP contribution in [0, 0.1) is 38.5 Å². The zero-order valence-electron chi connectivity index (χ0n) is 25.2. The molecule has 1 aromatic carbocycles. The molecule has 3 aliphatic rings. The predicted octanol–water partition coefficient (Wildman–Crippen LogP) is 4.28. The summed E-state index contributed by atoms with van der Waals surface area (Å²) in [5.41, 5.74) is 3.50. The highest BCUT2D eigenvalue weighted by Crippen LogP contribution is 2.33. The van der Waals surface area contributed by atoms with E-state index in [-0.39, 0.29) is 37.7 Å². The first-order valence-corrected chi connectivity index (χ1v) is 15.4. The Morgan fingerprint density at radius 3 is 2.14 bits per heavy atom. The van der Waals surface area contributed by atoms with Gasteiger partial charge in [0.05, 0.1) is 17.0 Å². The summed E-state index contributed by atoms with van der Waals surface area (Å²) in [5, 5.41) is 0.532. The number of alkyl halides is 3. The van der Waals surface area contributed by atoms with E-state index < -0.39 is 18.0 Å². The summed E-state index contributed by atoms with van der Waals surface area (Å²) in [6.07, 6.45) is -2.39. The van der Waals surface area contributed by atoms with Crippen LogP contribution in [0.5, 0.6) is 0 Å². The van der Waals surface area contributed by atoms with E-state index in [4.69, 9.17) is 11.6 Å². The molecular weight excluding hydrogens is 597 g/mol. The summed E-state index contributed by atoms with van der Waals surface area (Å²) < 4.78 is 38.7. The molecule has 9 nitrogen and oxygen atoms in total. The number of amides is 3. The number of likely N-dealkylation sites (tertiary alicyclic amines) is 3. The van der Waals surface area contributed by atoms with Crippen molar-refractivity contribution >= 4 is 35.0 Å². The maximum absolute atomic E-state index is 13.7. The molecule has 5 rings (SSSR count). The van der Waals surface area contributed by atoms with Crippen molar-refractivity contribution in [3.05, 3.63) is 52.1 Å². The molecule has 0 spiro atoms. The van der Waals surface area contributed by atoms with Crippen molar-refractivity contribution in [1.82, 2.24) is 24.7 Å². The highest BCUT2D eigenvalue weighted by molar-refractivity contribution is 6.31. The number of hydrogen-bond donors (Lipinski definition) is 0. The predicted molar refractivity (Wildman–Crippen MR) is 159 cm³/mol. The lowest BCUT2D eigenvalue weighted by Crippen LogP contribution is -2.48. The van der Waals surface area contributed by atoms with Crippen LogP contribution < -0.4 is 4.90 Å². The minimum atomic E-state index is -4.92. The molecule has 2 aromatic rings. The van der Waals surface area contributed by atoms with Crippen molar-refractivity contribution < 1.29 is 27.6 Å². The molecule has 3 amide bonds. The Bertz CT molecular complexity index is 1380. The Morgan fingerprint density at radius 1 is 0.955 bits per heavy atom. The summed E-state index contributed by atoms with van der Waals surface area (Å²) >= 11 is 6.40. The Labute approximate surface area is 260 Å². The maximum Gasteiger partial charge on any atom is 0.471 e. The Hall–Kier alpha value is -3.25. The van der Waals surface area contributed by atoms with Crippen LogP contribution in [0.15, 0.2) is 24.5 Å². The molecule has 0 bridgehead atoms. The average Bonchev–Trinajstić information content (AvgIpc) is 3.55. The van der Waals surface area contributed by atoms with Crippen LogP contribution >= 0.6 is 11.6 Å². The van der Waals surface area contributed by atoms with E-state index in [2.05, 4.69) is 14.9 Å². The van der Waals surface area contributed by atoms with Gasteiger partial charge in [0.15, 0.2) is 0 Å². The summed E-state index contributed by atoms with van der Waals surface area (Å²) in [6.45, 7) is 9.64. The molecule has 2 atom stereocenters. The number of nitrogens with zero attached hydrogens (tertiary/aromatic N) is 6. The smallest absolute Gasteiger partial charge is 0.338 e. The van der Waals surface area contributed by atoms with E-state index in [1.807, 2.05) is 37.8 Å². The molecular formula is C31H38ClF3N6O3. The third-order valence-corrected chi connectivity index (χ3v) is 9.66. The van der Waals surface area contributed by atoms with Gasteiger partial charge < -0.3 is 19.6 Å². The molecule has 3 fully saturated rings. The zero-order chi connectivity index (χ0) is 31.8. The monoisotopic (exact) mass is 634 g/mol. The van der Waals surface area contributed by atoms with E-state index in [0.29, 0.717) is 65.6 Å². The van der Waals surface area contributed by atoms with Crippen LogP contribution in [0.2, 0.25) is 5.02 Å². The Balaban J connectivity index is 1.17. The Kier molecular flexibility index (Phi) is 9.50. The van der Waals surface area contributed by atoms with Crippen molar-refractivity contribution in [3.8, 4) is 0 Å². The normalized spacial score (nSPS) is 21.1. The van der Waals surface area contributed by atoms with Crippen molar-refractivity contribution in [3.63, 3.8) is 0 Å². The summed E-state index contributed by atoms with van der Waals surface area (Å²) in [4.78, 5) is 53.8. The molecule has 3 aliphatic heterocycles. The van der Waals surface area contributed by atoms with E-state index in [9.17, 15) is 27.6 Å². The third-order valence-electron chi connectivity index (χ3n) is 9.25. The van der Waals surface area contributed by atoms with Gasteiger partial charge in [-0.2, -0.15) is 13.2 Å². The number of rotatable bonds is 7. The topological polar surface area (TPSA) is 89.9 Å². The first-order chi connectivity index (χ1) is 20.8. The third kappa shape index (κ3) is 6.86. The second-order valence-corrected chi connectivity index (χ2v) is 12.7. The highest BCUT2D eigenvalue weighted by Gasteiger charge is 2.44. The van der Waals surface area contributed by atoms with Crippen molar-refractivity contribution in [2.75, 3.05) is 57.3 Å². The molecule has 0 N–H and O–H groups in total. The fraction of sp³-hybridized carbons (Fsp3) is 0.581. The number of hydrogen-bond acceptors (Lipinski definition) is 6. The molecule has 13 heteroatoms. The molecule has 238 valence electrons. The molecule has 3 saturated heterocycles. The summed E-state index contributed by atoms with van der Waals surface area (Å²) in [6, 6.07) is 5.44. The quantitative estimate of drug-likeness (QED) is 0.452. The van der Waals surface area contributed by atoms with Gasteiger partial charge in [-0.3, -0.25) is 14.4 Å². The van der Waals surface area contributed by atoms with Gasteiger partial charge in [0.25, 0.3) is 5.91 Å². The lowest BCUT2D eigenvalue weighted by atomic mass is 9.94. The first-order valence-electron chi connectivity index (χ1n) is 15.1. The van der Waals surface area contributed by atoms with Crippen molar-refractivity contribution in [1.29, 1.82) is 0 Å². The van der Waals surface area contributed by atoms with Crippen LogP contribution in [-0.2, 0) is 9.59 Å². The SMILES string of the molecule is Cc1ccc(N(CCCN2CC3CN(C(=O)c4c(C)ncnc4C)CC3C2)C(=O)C2CCN(C(=O)C(F)(F)F)CC2)cc1Cl. The number of anilines is 1. The number of fused-ring (bicyclic) bond motifs is 1. The van der Waals surface area contributed by atoms with Gasteiger partial charge in [-0.15, -0.1) is 0 Å². The fourth-order valence-electron chi connectivity index (χ4n) is 6.80. The number of halogens is 4. The average molecular weight is 635 g/mol. The molecule has 4 heterocycles. The molecule has 0 saturated carbocycles. The van der Waals surface area contributed by atoms with Crippen LogP contribution in [0.1, 0.15) is 46.6 Å². The van der Waals surface area contributed by atoms with Crippen molar-refractivity contribution in [2.45, 2.75) is 46.2 Å². The fourth-order valence-corrected chi connectivity index (χ4v) is 6.97. The molecule has 0 aliphatic carbocycles. The number of aryl methyl sites for hydroxylation is 3. The molecule has 0 radical (unpaired) electrons. The molecule has 2 unspecified atom stereocenters. The second kappa shape index (κ2) is 13.0. The van der Waals surface area contributed by atoms with Crippen LogP contribution in [-0.4, -0.2) is 101 Å². The van der Waals surface area contributed by atoms with E-state index in [0.717, 1.165) is 30.1 Å². The number of benzene rings is 1. The van der Waals surface area contributed by atoms with Gasteiger partial charge in [0, 0.05) is 62.4 Å². The molecule has 44 heavy (non-hydrogen) atoms. The minimum Gasteiger partial charge on any atom is -0.338 e. The van der Waals surface area contributed by atoms with Crippen molar-refractivity contribution in [2.24, 2.45) is 17.8 Å². The summed E-state index contributed by atoms with van der Waals surface area (Å²) in [7, 11) is 0. The minimum absolute atomic E-state index is 0.0129. The van der Waals surface area contributed by atoms with Gasteiger partial charge >= 0.3 is 12.1 Å². The number of carbonyl (C=O) groups excluding carboxylic acids is 3. The van der Waals surface area contributed by atoms with Crippen LogP contribution in [0.25, 0.3) is 0 Å². The molecule has 1 aromatic heterocycles. The highest BCUT2D eigenvalue weighted by atomic mass is 35.5. The van der Waals surface area contributed by atoms with E-state index in [1.165, 1.54) is 6.33 Å². The number of aromatic nitrogens is 2. The first kappa shape index (κ1) is 32.2. The maximum atomic E-state index is 13.7. The number of piperidine rings is 1. The van der Waals surface area contributed by atoms with Gasteiger partial charge in [0.1, 0.15) is 6.33 Å². The van der Waals surface area contributed by atoms with Gasteiger partial charge in [0.2, 0.25) is 5.91 Å². The second-order valence-electron chi connectivity index (χ2n) is 12.3. The van der Waals surface area contributed by atoms with Crippen LogP contribution in [0.4, 0.5) is 18.9 Å². The summed E-state index contributed by atoms with van der Waals surface area (Å²) in [5.74, 6) is -1.75.